The van der Waals surface area contributed by atoms with Gasteiger partial charge in [-0.1, -0.05) is 32.6 Å². The maximum absolute atomic E-state index is 12.0. The van der Waals surface area contributed by atoms with Crippen LogP contribution in [0.3, 0.4) is 0 Å². The molecule has 0 aromatic heterocycles. The van der Waals surface area contributed by atoms with Gasteiger partial charge in [-0.3, -0.25) is 0 Å². The van der Waals surface area contributed by atoms with Crippen LogP contribution in [0.25, 0.3) is 0 Å². The Bertz CT molecular complexity index is 637. The van der Waals surface area contributed by atoms with Crippen LogP contribution >= 0.6 is 0 Å². The van der Waals surface area contributed by atoms with Crippen molar-refractivity contribution in [2.75, 3.05) is 11.5 Å². The number of anilines is 1. The Morgan fingerprint density at radius 2 is 1.52 bits per heavy atom. The third-order valence-electron chi connectivity index (χ3n) is 2.94. The zero-order valence-corrected chi connectivity index (χ0v) is 13.7. The molecule has 0 aliphatic heterocycles. The highest BCUT2D eigenvalue weighted by molar-refractivity contribution is 8.04. The number of nitrogen functional groups attached to an aromatic ring is 1. The third-order valence-corrected chi connectivity index (χ3v) is 6.56. The van der Waals surface area contributed by atoms with Crippen molar-refractivity contribution >= 4 is 25.7 Å². The predicted octanol–water partition coefficient (Wildman–Crippen LogP) is 1.85. The second-order valence-electron chi connectivity index (χ2n) is 4.89. The van der Waals surface area contributed by atoms with Gasteiger partial charge in [0.05, 0.1) is 10.6 Å². The highest BCUT2D eigenvalue weighted by Crippen LogP contribution is 2.13. The van der Waals surface area contributed by atoms with Gasteiger partial charge in [0, 0.05) is 5.69 Å². The zero-order chi connectivity index (χ0) is 15.9. The van der Waals surface area contributed by atoms with Crippen LogP contribution in [-0.2, 0) is 20.0 Å². The summed E-state index contributed by atoms with van der Waals surface area (Å²) in [7, 11) is -7.93. The van der Waals surface area contributed by atoms with Gasteiger partial charge in [-0.25, -0.2) is 16.8 Å². The molecule has 0 heterocycles. The summed E-state index contributed by atoms with van der Waals surface area (Å²) >= 11 is 0. The summed E-state index contributed by atoms with van der Waals surface area (Å²) in [4.78, 5) is -0.119. The van der Waals surface area contributed by atoms with E-state index in [-0.39, 0.29) is 10.6 Å². The minimum atomic E-state index is -4.08. The van der Waals surface area contributed by atoms with Gasteiger partial charge < -0.3 is 5.73 Å². The number of unbranched alkanes of at least 4 members (excludes halogenated alkanes) is 4. The summed E-state index contributed by atoms with van der Waals surface area (Å²) in [5, 5.41) is 0. The molecule has 1 aromatic carbocycles. The molecule has 6 nitrogen and oxygen atoms in total. The number of nitrogens with one attached hydrogen (secondary N) is 1. The lowest BCUT2D eigenvalue weighted by atomic mass is 10.2. The van der Waals surface area contributed by atoms with Crippen molar-refractivity contribution in [2.24, 2.45) is 0 Å². The number of nitrogens with two attached hydrogens (primary N) is 1. The van der Waals surface area contributed by atoms with E-state index in [1.54, 1.807) is 4.13 Å². The minimum Gasteiger partial charge on any atom is -0.399 e. The van der Waals surface area contributed by atoms with Crippen molar-refractivity contribution in [3.8, 4) is 0 Å². The number of sulfonamides is 2. The molecule has 0 radical (unpaired) electrons. The molecule has 0 fully saturated rings. The summed E-state index contributed by atoms with van der Waals surface area (Å²) in [5.41, 5.74) is 5.88. The lowest BCUT2D eigenvalue weighted by Crippen LogP contribution is -2.32. The molecule has 0 bridgehead atoms. The van der Waals surface area contributed by atoms with E-state index in [1.165, 1.54) is 24.3 Å². The van der Waals surface area contributed by atoms with E-state index in [1.807, 2.05) is 0 Å². The molecule has 0 aliphatic rings. The Hall–Kier alpha value is -1.12. The van der Waals surface area contributed by atoms with Crippen LogP contribution < -0.4 is 9.86 Å². The number of hydrogen-bond acceptors (Lipinski definition) is 5. The lowest BCUT2D eigenvalue weighted by Gasteiger charge is -2.08. The van der Waals surface area contributed by atoms with Crippen LogP contribution in [0, 0.1) is 0 Å². The quantitative estimate of drug-likeness (QED) is 0.529. The van der Waals surface area contributed by atoms with Crippen LogP contribution in [0.15, 0.2) is 29.2 Å². The molecule has 0 spiro atoms. The molecular weight excluding hydrogens is 312 g/mol. The van der Waals surface area contributed by atoms with E-state index < -0.39 is 20.0 Å². The zero-order valence-electron chi connectivity index (χ0n) is 12.1. The summed E-state index contributed by atoms with van der Waals surface area (Å²) < 4.78 is 49.3. The maximum atomic E-state index is 12.0. The average Bonchev–Trinajstić information content (AvgIpc) is 2.37. The van der Waals surface area contributed by atoms with Gasteiger partial charge in [0.25, 0.3) is 10.0 Å². The molecule has 3 N–H and O–H groups in total. The fraction of sp³-hybridized carbons (Fsp3) is 0.538. The van der Waals surface area contributed by atoms with Crippen molar-refractivity contribution in [1.82, 2.24) is 4.13 Å². The average molecular weight is 334 g/mol. The first-order valence-electron chi connectivity index (χ1n) is 6.88. The van der Waals surface area contributed by atoms with Gasteiger partial charge in [-0.05, 0) is 30.7 Å². The van der Waals surface area contributed by atoms with Gasteiger partial charge >= 0.3 is 0 Å². The standard InChI is InChI=1S/C13H22N2O4S2/c1-2-3-4-5-6-11-20(16,17)15-21(18,19)13-9-7-12(14)8-10-13/h7-10,15H,2-6,11,14H2,1H3. The van der Waals surface area contributed by atoms with Crippen molar-refractivity contribution < 1.29 is 16.8 Å². The first-order chi connectivity index (χ1) is 9.77. The van der Waals surface area contributed by atoms with E-state index in [0.29, 0.717) is 12.1 Å². The number of benzene rings is 1. The predicted molar refractivity (Wildman–Crippen MR) is 83.7 cm³/mol. The van der Waals surface area contributed by atoms with Gasteiger partial charge in [-0.15, -0.1) is 4.13 Å². The molecule has 0 unspecified atom stereocenters. The fourth-order valence-corrected chi connectivity index (χ4v) is 4.93. The smallest absolute Gasteiger partial charge is 0.253 e. The third kappa shape index (κ3) is 6.45. The summed E-state index contributed by atoms with van der Waals surface area (Å²) in [6, 6.07) is 5.36. The van der Waals surface area contributed by atoms with Crippen LogP contribution in [-0.4, -0.2) is 22.6 Å². The Morgan fingerprint density at radius 3 is 2.10 bits per heavy atom. The molecule has 1 rings (SSSR count). The van der Waals surface area contributed by atoms with Crippen LogP contribution in [0.5, 0.6) is 0 Å². The van der Waals surface area contributed by atoms with Crippen LogP contribution in [0.4, 0.5) is 5.69 Å². The minimum absolute atomic E-state index is 0.119. The number of hydrogen-bond donors (Lipinski definition) is 2. The van der Waals surface area contributed by atoms with Gasteiger partial charge in [0.2, 0.25) is 10.0 Å². The Labute approximate surface area is 126 Å². The Balaban J connectivity index is 2.63. The first-order valence-corrected chi connectivity index (χ1v) is 10.0. The van der Waals surface area contributed by atoms with Gasteiger partial charge in [0.1, 0.15) is 0 Å². The SMILES string of the molecule is CCCCCCCS(=O)(=O)NS(=O)(=O)c1ccc(N)cc1. The van der Waals surface area contributed by atoms with Crippen molar-refractivity contribution in [3.05, 3.63) is 24.3 Å². The maximum Gasteiger partial charge on any atom is 0.253 e. The molecule has 0 atom stereocenters. The second kappa shape index (κ2) is 7.77. The lowest BCUT2D eigenvalue weighted by molar-refractivity contribution is 0.572. The van der Waals surface area contributed by atoms with Crippen molar-refractivity contribution in [3.63, 3.8) is 0 Å². The van der Waals surface area contributed by atoms with Crippen molar-refractivity contribution in [1.29, 1.82) is 0 Å². The molecule has 0 saturated carbocycles. The second-order valence-corrected chi connectivity index (χ2v) is 8.67. The molecule has 0 aliphatic carbocycles. The highest BCUT2D eigenvalue weighted by atomic mass is 32.3. The molecule has 0 amide bonds. The van der Waals surface area contributed by atoms with E-state index in [0.717, 1.165) is 25.7 Å². The first kappa shape index (κ1) is 17.9. The van der Waals surface area contributed by atoms with E-state index >= 15 is 0 Å². The van der Waals surface area contributed by atoms with E-state index in [4.69, 9.17) is 5.73 Å². The Morgan fingerprint density at radius 1 is 0.952 bits per heavy atom. The van der Waals surface area contributed by atoms with Crippen LogP contribution in [0.2, 0.25) is 0 Å². The number of rotatable bonds is 9. The van der Waals surface area contributed by atoms with E-state index in [2.05, 4.69) is 6.92 Å². The van der Waals surface area contributed by atoms with Crippen molar-refractivity contribution in [2.45, 2.75) is 43.9 Å². The molecular formula is C13H22N2O4S2. The van der Waals surface area contributed by atoms with E-state index in [9.17, 15) is 16.8 Å². The fourth-order valence-electron chi connectivity index (χ4n) is 1.80. The van der Waals surface area contributed by atoms with Gasteiger partial charge in [0.15, 0.2) is 0 Å². The molecule has 21 heavy (non-hydrogen) atoms. The largest absolute Gasteiger partial charge is 0.399 e. The Kier molecular flexibility index (Phi) is 6.63. The molecule has 8 heteroatoms. The molecule has 0 saturated heterocycles. The normalized spacial score (nSPS) is 12.4. The topological polar surface area (TPSA) is 106 Å². The summed E-state index contributed by atoms with van der Waals surface area (Å²) in [6.07, 6.45) is 4.30. The summed E-state index contributed by atoms with van der Waals surface area (Å²) in [5.74, 6) is -0.190. The highest BCUT2D eigenvalue weighted by Gasteiger charge is 2.22. The molecule has 1 aromatic rings. The molecule has 120 valence electrons. The monoisotopic (exact) mass is 334 g/mol. The van der Waals surface area contributed by atoms with Crippen LogP contribution in [0.1, 0.15) is 39.0 Å². The summed E-state index contributed by atoms with van der Waals surface area (Å²) in [6.45, 7) is 2.07. The van der Waals surface area contributed by atoms with Gasteiger partial charge in [-0.2, -0.15) is 0 Å².